The highest BCUT2D eigenvalue weighted by Crippen LogP contribution is 2.21. The molecule has 4 atom stereocenters. The second-order valence-corrected chi connectivity index (χ2v) is 5.00. The van der Waals surface area contributed by atoms with Crippen molar-refractivity contribution in [2.75, 3.05) is 12.9 Å². The third kappa shape index (κ3) is 3.62. The van der Waals surface area contributed by atoms with Gasteiger partial charge in [0.15, 0.2) is 0 Å². The summed E-state index contributed by atoms with van der Waals surface area (Å²) in [6.45, 7) is 4.10. The second kappa shape index (κ2) is 6.44. The SMILES string of the molecule is CCC1C(C)NC(SCC(=O)OC)NC1O. The van der Waals surface area contributed by atoms with E-state index in [0.717, 1.165) is 6.42 Å². The van der Waals surface area contributed by atoms with Crippen molar-refractivity contribution in [3.8, 4) is 0 Å². The quantitative estimate of drug-likeness (QED) is 0.613. The summed E-state index contributed by atoms with van der Waals surface area (Å²) in [4.78, 5) is 11.0. The van der Waals surface area contributed by atoms with E-state index >= 15 is 0 Å². The molecule has 1 fully saturated rings. The van der Waals surface area contributed by atoms with Gasteiger partial charge in [0.05, 0.1) is 12.9 Å². The standard InChI is InChI=1S/C10H20N2O3S/c1-4-7-6(2)11-10(12-9(7)14)16-5-8(13)15-3/h6-7,9-12,14H,4-5H2,1-3H3. The second-order valence-electron chi connectivity index (χ2n) is 3.91. The zero-order valence-corrected chi connectivity index (χ0v) is 10.7. The summed E-state index contributed by atoms with van der Waals surface area (Å²) >= 11 is 1.39. The number of aliphatic hydroxyl groups excluding tert-OH is 1. The monoisotopic (exact) mass is 248 g/mol. The van der Waals surface area contributed by atoms with Crippen molar-refractivity contribution in [3.63, 3.8) is 0 Å². The van der Waals surface area contributed by atoms with Crippen LogP contribution in [0, 0.1) is 5.92 Å². The molecule has 0 aliphatic carbocycles. The Morgan fingerprint density at radius 3 is 2.69 bits per heavy atom. The summed E-state index contributed by atoms with van der Waals surface area (Å²) in [5, 5.41) is 16.2. The Labute approximate surface area is 100 Å². The minimum Gasteiger partial charge on any atom is -0.468 e. The van der Waals surface area contributed by atoms with Crippen molar-refractivity contribution in [1.29, 1.82) is 0 Å². The Bertz CT molecular complexity index is 228. The molecule has 5 nitrogen and oxygen atoms in total. The summed E-state index contributed by atoms with van der Waals surface area (Å²) in [6.07, 6.45) is 0.396. The maximum absolute atomic E-state index is 11.0. The number of hydrogen-bond donors (Lipinski definition) is 3. The van der Waals surface area contributed by atoms with Gasteiger partial charge in [-0.3, -0.25) is 15.4 Å². The summed E-state index contributed by atoms with van der Waals surface area (Å²) in [7, 11) is 1.37. The van der Waals surface area contributed by atoms with Crippen molar-refractivity contribution >= 4 is 17.7 Å². The minimum atomic E-state index is -0.517. The molecule has 0 aromatic carbocycles. The van der Waals surface area contributed by atoms with Gasteiger partial charge in [0.25, 0.3) is 0 Å². The van der Waals surface area contributed by atoms with Crippen LogP contribution in [0.2, 0.25) is 0 Å². The molecule has 4 unspecified atom stereocenters. The molecular weight excluding hydrogens is 228 g/mol. The van der Waals surface area contributed by atoms with Crippen molar-refractivity contribution in [1.82, 2.24) is 10.6 Å². The number of ether oxygens (including phenoxy) is 1. The highest BCUT2D eigenvalue weighted by molar-refractivity contribution is 8.00. The summed E-state index contributed by atoms with van der Waals surface area (Å²) in [6, 6.07) is 0.233. The molecule has 0 aromatic rings. The molecule has 6 heteroatoms. The van der Waals surface area contributed by atoms with Gasteiger partial charge in [0, 0.05) is 12.0 Å². The fourth-order valence-electron chi connectivity index (χ4n) is 1.85. The van der Waals surface area contributed by atoms with Crippen molar-refractivity contribution in [3.05, 3.63) is 0 Å². The number of rotatable bonds is 4. The number of esters is 1. The molecule has 0 amide bonds. The number of carbonyl (C=O) groups is 1. The molecule has 16 heavy (non-hydrogen) atoms. The van der Waals surface area contributed by atoms with Gasteiger partial charge in [0.2, 0.25) is 0 Å². The first kappa shape index (κ1) is 13.8. The van der Waals surface area contributed by atoms with E-state index in [1.807, 2.05) is 6.92 Å². The Morgan fingerprint density at radius 1 is 1.50 bits per heavy atom. The lowest BCUT2D eigenvalue weighted by molar-refractivity contribution is -0.137. The van der Waals surface area contributed by atoms with Crippen LogP contribution in [0.25, 0.3) is 0 Å². The number of methoxy groups -OCH3 is 1. The molecule has 3 N–H and O–H groups in total. The summed E-state index contributed by atoms with van der Waals surface area (Å²) in [5.41, 5.74) is -0.105. The zero-order chi connectivity index (χ0) is 12.1. The highest BCUT2D eigenvalue weighted by atomic mass is 32.2. The third-order valence-corrected chi connectivity index (χ3v) is 3.86. The van der Waals surface area contributed by atoms with Crippen LogP contribution in [0.15, 0.2) is 0 Å². The number of hydrogen-bond acceptors (Lipinski definition) is 6. The molecule has 0 aromatic heterocycles. The fourth-order valence-corrected chi connectivity index (χ4v) is 2.81. The Hall–Kier alpha value is -0.300. The molecule has 1 aliphatic rings. The number of thioether (sulfide) groups is 1. The predicted molar refractivity (Wildman–Crippen MR) is 63.8 cm³/mol. The van der Waals surface area contributed by atoms with E-state index in [4.69, 9.17) is 0 Å². The third-order valence-electron chi connectivity index (χ3n) is 2.85. The average Bonchev–Trinajstić information content (AvgIpc) is 2.25. The van der Waals surface area contributed by atoms with Gasteiger partial charge in [-0.1, -0.05) is 6.92 Å². The van der Waals surface area contributed by atoms with Gasteiger partial charge in [-0.15, -0.1) is 11.8 Å². The number of carbonyl (C=O) groups excluding carboxylic acids is 1. The van der Waals surface area contributed by atoms with Crippen LogP contribution in [-0.2, 0) is 9.53 Å². The molecule has 0 spiro atoms. The largest absolute Gasteiger partial charge is 0.468 e. The molecule has 0 saturated carbocycles. The van der Waals surface area contributed by atoms with Crippen molar-refractivity contribution in [2.24, 2.45) is 5.92 Å². The maximum Gasteiger partial charge on any atom is 0.315 e. The molecule has 1 rings (SSSR count). The lowest BCUT2D eigenvalue weighted by Crippen LogP contribution is -2.61. The van der Waals surface area contributed by atoms with E-state index in [0.29, 0.717) is 0 Å². The molecular formula is C10H20N2O3S. The van der Waals surface area contributed by atoms with E-state index < -0.39 is 6.23 Å². The van der Waals surface area contributed by atoms with Crippen LogP contribution in [0.5, 0.6) is 0 Å². The number of nitrogens with one attached hydrogen (secondary N) is 2. The molecule has 1 aliphatic heterocycles. The van der Waals surface area contributed by atoms with Gasteiger partial charge in [0.1, 0.15) is 11.7 Å². The molecule has 94 valence electrons. The van der Waals surface area contributed by atoms with Gasteiger partial charge in [-0.2, -0.15) is 0 Å². The Balaban J connectivity index is 2.39. The van der Waals surface area contributed by atoms with E-state index in [-0.39, 0.29) is 29.2 Å². The molecule has 0 radical (unpaired) electrons. The van der Waals surface area contributed by atoms with Crippen LogP contribution in [0.3, 0.4) is 0 Å². The van der Waals surface area contributed by atoms with Crippen molar-refractivity contribution in [2.45, 2.75) is 38.0 Å². The predicted octanol–water partition coefficient (Wildman–Crippen LogP) is 0.102. The lowest BCUT2D eigenvalue weighted by atomic mass is 9.95. The number of aliphatic hydroxyl groups is 1. The van der Waals surface area contributed by atoms with Crippen LogP contribution < -0.4 is 10.6 Å². The smallest absolute Gasteiger partial charge is 0.315 e. The van der Waals surface area contributed by atoms with Gasteiger partial charge >= 0.3 is 5.97 Å². The fraction of sp³-hybridized carbons (Fsp3) is 0.900. The topological polar surface area (TPSA) is 70.6 Å². The van der Waals surface area contributed by atoms with Crippen LogP contribution in [0.4, 0.5) is 0 Å². The minimum absolute atomic E-state index is 0.105. The first-order chi connectivity index (χ1) is 7.58. The maximum atomic E-state index is 11.0. The average molecular weight is 248 g/mol. The van der Waals surface area contributed by atoms with E-state index in [9.17, 15) is 9.90 Å². The summed E-state index contributed by atoms with van der Waals surface area (Å²) < 4.78 is 4.56. The van der Waals surface area contributed by atoms with Gasteiger partial charge in [-0.05, 0) is 13.3 Å². The molecule has 0 bridgehead atoms. The lowest BCUT2D eigenvalue weighted by Gasteiger charge is -2.39. The first-order valence-electron chi connectivity index (χ1n) is 5.47. The Kier molecular flexibility index (Phi) is 5.54. The normalized spacial score (nSPS) is 34.8. The molecule has 1 heterocycles. The Morgan fingerprint density at radius 2 is 2.19 bits per heavy atom. The van der Waals surface area contributed by atoms with E-state index in [2.05, 4.69) is 22.3 Å². The highest BCUT2D eigenvalue weighted by Gasteiger charge is 2.32. The van der Waals surface area contributed by atoms with Crippen LogP contribution in [0.1, 0.15) is 20.3 Å². The first-order valence-corrected chi connectivity index (χ1v) is 6.52. The van der Waals surface area contributed by atoms with Gasteiger partial charge in [-0.25, -0.2) is 0 Å². The van der Waals surface area contributed by atoms with Crippen LogP contribution >= 0.6 is 11.8 Å². The van der Waals surface area contributed by atoms with Gasteiger partial charge < -0.3 is 9.84 Å². The van der Waals surface area contributed by atoms with Crippen LogP contribution in [-0.4, -0.2) is 41.7 Å². The summed E-state index contributed by atoms with van der Waals surface area (Å²) in [5.74, 6) is 0.223. The van der Waals surface area contributed by atoms with E-state index in [1.54, 1.807) is 0 Å². The molecule has 1 saturated heterocycles. The van der Waals surface area contributed by atoms with E-state index in [1.165, 1.54) is 18.9 Å². The zero-order valence-electron chi connectivity index (χ0n) is 9.90. The van der Waals surface area contributed by atoms with Crippen molar-refractivity contribution < 1.29 is 14.6 Å².